The van der Waals surface area contributed by atoms with Crippen LogP contribution in [0.25, 0.3) is 22.2 Å². The lowest BCUT2D eigenvalue weighted by Crippen LogP contribution is -2.10. The second-order valence-corrected chi connectivity index (χ2v) is 11.9. The van der Waals surface area contributed by atoms with Gasteiger partial charge in [0.2, 0.25) is 10.3 Å². The number of pyridine rings is 1. The summed E-state index contributed by atoms with van der Waals surface area (Å²) < 4.78 is 48.3. The van der Waals surface area contributed by atoms with Crippen LogP contribution in [0.15, 0.2) is 96.8 Å². The molecule has 0 spiro atoms. The molecule has 226 valence electrons. The number of nitrogens with zero attached hydrogens (tertiary/aromatic N) is 4. The van der Waals surface area contributed by atoms with Crippen LogP contribution in [0.2, 0.25) is 5.02 Å². The van der Waals surface area contributed by atoms with Gasteiger partial charge in [0, 0.05) is 33.9 Å². The number of fused-ring (bicyclic) bond motifs is 1. The highest BCUT2D eigenvalue weighted by Crippen LogP contribution is 2.32. The molecule has 3 aromatic carbocycles. The summed E-state index contributed by atoms with van der Waals surface area (Å²) in [6, 6.07) is 22.5. The first-order chi connectivity index (χ1) is 21.9. The summed E-state index contributed by atoms with van der Waals surface area (Å²) in [5.74, 6) is 0.704. The van der Waals surface area contributed by atoms with Crippen molar-refractivity contribution in [3.05, 3.63) is 124 Å². The van der Waals surface area contributed by atoms with Crippen molar-refractivity contribution in [3.63, 3.8) is 0 Å². The highest BCUT2D eigenvalue weighted by atomic mass is 35.5. The van der Waals surface area contributed by atoms with Crippen LogP contribution in [0.5, 0.6) is 5.75 Å². The number of benzene rings is 3. The molecule has 0 aliphatic rings. The third-order valence-electron chi connectivity index (χ3n) is 6.55. The van der Waals surface area contributed by atoms with Crippen molar-refractivity contribution in [2.75, 3.05) is 5.32 Å². The fraction of sp³-hybridized carbons (Fsp3) is 0.0938. The van der Waals surface area contributed by atoms with E-state index < -0.39 is 10.3 Å². The molecule has 6 aromatic rings. The van der Waals surface area contributed by atoms with Gasteiger partial charge in [-0.2, -0.15) is 8.42 Å². The van der Waals surface area contributed by atoms with Crippen molar-refractivity contribution < 1.29 is 22.3 Å². The Morgan fingerprint density at radius 1 is 0.956 bits per heavy atom. The number of thiazole rings is 1. The molecular formula is C32H23ClFN5O4S2. The van der Waals surface area contributed by atoms with Crippen molar-refractivity contribution in [2.24, 2.45) is 0 Å². The van der Waals surface area contributed by atoms with Crippen LogP contribution in [0.3, 0.4) is 0 Å². The molecule has 0 amide bonds. The fourth-order valence-corrected chi connectivity index (χ4v) is 5.77. The second kappa shape index (κ2) is 13.9. The lowest BCUT2D eigenvalue weighted by atomic mass is 10.1. The Kier molecular flexibility index (Phi) is 9.36. The molecule has 3 heterocycles. The van der Waals surface area contributed by atoms with E-state index in [0.717, 1.165) is 16.5 Å². The molecule has 0 saturated carbocycles. The molecule has 13 heteroatoms. The standard InChI is InChI=1S/C32H23ClFN5O4S2/c33-26-14-24(8-10-29(26)42-16-20-4-3-5-22(34)12-20)38-32-25-13-21(7-9-27(25)36-19-37-32)28-18-44-30(39-28)17-43-31(45(40)41)15-23-6-1-2-11-35-23/h1-14,18-19H,15-17H2,(H,36,37,38). The lowest BCUT2D eigenvalue weighted by molar-refractivity contribution is 0.292. The van der Waals surface area contributed by atoms with Gasteiger partial charge >= 0.3 is 0 Å². The van der Waals surface area contributed by atoms with Crippen LogP contribution in [-0.2, 0) is 34.7 Å². The maximum atomic E-state index is 13.5. The summed E-state index contributed by atoms with van der Waals surface area (Å²) in [5.41, 5.74) is 4.22. The fourth-order valence-electron chi connectivity index (χ4n) is 4.40. The van der Waals surface area contributed by atoms with E-state index in [4.69, 9.17) is 21.1 Å². The first kappa shape index (κ1) is 30.3. The highest BCUT2D eigenvalue weighted by molar-refractivity contribution is 7.72. The van der Waals surface area contributed by atoms with Crippen LogP contribution < -0.4 is 10.1 Å². The highest BCUT2D eigenvalue weighted by Gasteiger charge is 2.13. The maximum absolute atomic E-state index is 13.5. The Labute approximate surface area is 267 Å². The normalized spacial score (nSPS) is 11.0. The molecule has 0 saturated heterocycles. The van der Waals surface area contributed by atoms with E-state index in [2.05, 4.69) is 25.3 Å². The van der Waals surface area contributed by atoms with Crippen LogP contribution >= 0.6 is 22.9 Å². The zero-order chi connectivity index (χ0) is 31.2. The summed E-state index contributed by atoms with van der Waals surface area (Å²) in [5, 5.41) is 6.84. The van der Waals surface area contributed by atoms with E-state index in [-0.39, 0.29) is 30.5 Å². The van der Waals surface area contributed by atoms with Crippen LogP contribution in [0.4, 0.5) is 15.9 Å². The zero-order valence-corrected chi connectivity index (χ0v) is 25.7. The van der Waals surface area contributed by atoms with Gasteiger partial charge in [-0.1, -0.05) is 35.9 Å². The molecule has 0 fully saturated rings. The smallest absolute Gasteiger partial charge is 0.241 e. The number of anilines is 2. The van der Waals surface area contributed by atoms with Crippen LogP contribution in [0, 0.1) is 5.82 Å². The van der Waals surface area contributed by atoms with Gasteiger partial charge in [-0.25, -0.2) is 19.3 Å². The van der Waals surface area contributed by atoms with Crippen molar-refractivity contribution >= 4 is 60.7 Å². The number of nitrogens with one attached hydrogen (secondary N) is 1. The summed E-state index contributed by atoms with van der Waals surface area (Å²) in [6.45, 7) is 0.184. The molecule has 0 aliphatic heterocycles. The minimum atomic E-state index is -2.52. The summed E-state index contributed by atoms with van der Waals surface area (Å²) >= 11 is 7.86. The summed E-state index contributed by atoms with van der Waals surface area (Å²) in [4.78, 5) is 17.6. The molecule has 3 aromatic heterocycles. The van der Waals surface area contributed by atoms with Crippen molar-refractivity contribution in [1.82, 2.24) is 19.9 Å². The third kappa shape index (κ3) is 7.67. The lowest BCUT2D eigenvalue weighted by Gasteiger charge is -2.12. The molecule has 1 N–H and O–H groups in total. The van der Waals surface area contributed by atoms with Gasteiger partial charge in [-0.15, -0.1) is 11.3 Å². The molecule has 0 atom stereocenters. The third-order valence-corrected chi connectivity index (χ3v) is 8.31. The first-order valence-corrected chi connectivity index (χ1v) is 15.9. The molecule has 6 rings (SSSR count). The van der Waals surface area contributed by atoms with E-state index in [1.54, 1.807) is 48.7 Å². The van der Waals surface area contributed by atoms with Crippen molar-refractivity contribution in [2.45, 2.75) is 19.6 Å². The molecular weight excluding hydrogens is 637 g/mol. The van der Waals surface area contributed by atoms with E-state index in [0.29, 0.717) is 44.2 Å². The minimum absolute atomic E-state index is 0.00696. The first-order valence-electron chi connectivity index (χ1n) is 13.5. The number of hydrogen-bond donors (Lipinski definition) is 1. The Morgan fingerprint density at radius 3 is 2.67 bits per heavy atom. The topological polar surface area (TPSA) is 116 Å². The second-order valence-electron chi connectivity index (χ2n) is 9.66. The summed E-state index contributed by atoms with van der Waals surface area (Å²) in [6.07, 6.45) is 3.13. The van der Waals surface area contributed by atoms with Gasteiger partial charge in [0.1, 0.15) is 41.9 Å². The Hall–Kier alpha value is -4.75. The van der Waals surface area contributed by atoms with E-state index in [1.165, 1.54) is 29.8 Å². The van der Waals surface area contributed by atoms with Gasteiger partial charge in [-0.3, -0.25) is 4.98 Å². The molecule has 0 unspecified atom stereocenters. The number of rotatable bonds is 10. The molecule has 0 aliphatic carbocycles. The van der Waals surface area contributed by atoms with Crippen molar-refractivity contribution in [1.29, 1.82) is 0 Å². The molecule has 0 bridgehead atoms. The van der Waals surface area contributed by atoms with Gasteiger partial charge < -0.3 is 14.8 Å². The van der Waals surface area contributed by atoms with Gasteiger partial charge in [0.05, 0.1) is 22.7 Å². The monoisotopic (exact) mass is 659 g/mol. The van der Waals surface area contributed by atoms with E-state index in [1.807, 2.05) is 29.6 Å². The number of aromatic nitrogens is 4. The van der Waals surface area contributed by atoms with E-state index in [9.17, 15) is 12.8 Å². The Balaban J connectivity index is 1.16. The zero-order valence-electron chi connectivity index (χ0n) is 23.4. The predicted molar refractivity (Wildman–Crippen MR) is 173 cm³/mol. The predicted octanol–water partition coefficient (Wildman–Crippen LogP) is 7.03. The molecule has 0 radical (unpaired) electrons. The maximum Gasteiger partial charge on any atom is 0.241 e. The Morgan fingerprint density at radius 2 is 1.87 bits per heavy atom. The quantitative estimate of drug-likeness (QED) is 0.155. The molecule has 45 heavy (non-hydrogen) atoms. The average Bonchev–Trinajstić information content (AvgIpc) is 3.52. The van der Waals surface area contributed by atoms with Crippen molar-refractivity contribution in [3.8, 4) is 17.0 Å². The van der Waals surface area contributed by atoms with Crippen LogP contribution in [-0.4, -0.2) is 33.4 Å². The Bertz CT molecular complexity index is 2120. The van der Waals surface area contributed by atoms with Gasteiger partial charge in [0.25, 0.3) is 0 Å². The summed E-state index contributed by atoms with van der Waals surface area (Å²) in [7, 11) is -2.52. The largest absolute Gasteiger partial charge is 0.487 e. The number of hydrogen-bond acceptors (Lipinski definition) is 10. The molecule has 9 nitrogen and oxygen atoms in total. The van der Waals surface area contributed by atoms with E-state index >= 15 is 0 Å². The number of ether oxygens (including phenoxy) is 2. The average molecular weight is 660 g/mol. The van der Waals surface area contributed by atoms with Crippen LogP contribution in [0.1, 0.15) is 16.3 Å². The SMILES string of the molecule is O=S(=O)=C(Cc1ccccn1)OCc1nc(-c2ccc3ncnc(Nc4ccc(OCc5cccc(F)c5)c(Cl)c4)c3c2)cs1. The number of halogens is 2. The minimum Gasteiger partial charge on any atom is -0.487 e. The van der Waals surface area contributed by atoms with Gasteiger partial charge in [-0.05, 0) is 60.2 Å². The van der Waals surface area contributed by atoms with Gasteiger partial charge in [0.15, 0.2) is 5.05 Å².